The van der Waals surface area contributed by atoms with Gasteiger partial charge in [-0.25, -0.2) is 0 Å². The van der Waals surface area contributed by atoms with Crippen LogP contribution in [0.1, 0.15) is 46.0 Å². The summed E-state index contributed by atoms with van der Waals surface area (Å²) in [6.07, 6.45) is 6.20. The van der Waals surface area contributed by atoms with Gasteiger partial charge in [0.05, 0.1) is 6.61 Å². The van der Waals surface area contributed by atoms with Gasteiger partial charge in [-0.1, -0.05) is 19.8 Å². The molecular formula is C10H18O2. The summed E-state index contributed by atoms with van der Waals surface area (Å²) in [5.41, 5.74) is 0.362. The van der Waals surface area contributed by atoms with Crippen molar-refractivity contribution in [3.63, 3.8) is 0 Å². The molecule has 0 aromatic rings. The molecule has 0 unspecified atom stereocenters. The fourth-order valence-electron chi connectivity index (χ4n) is 1.93. The van der Waals surface area contributed by atoms with Gasteiger partial charge in [-0.2, -0.15) is 0 Å². The van der Waals surface area contributed by atoms with Crippen LogP contribution in [0.15, 0.2) is 0 Å². The minimum Gasteiger partial charge on any atom is -0.465 e. The summed E-state index contributed by atoms with van der Waals surface area (Å²) >= 11 is 0. The topological polar surface area (TPSA) is 26.3 Å². The first-order valence-corrected chi connectivity index (χ1v) is 4.82. The van der Waals surface area contributed by atoms with Crippen molar-refractivity contribution in [2.45, 2.75) is 46.0 Å². The minimum atomic E-state index is -0.141. The Hall–Kier alpha value is -0.530. The molecule has 12 heavy (non-hydrogen) atoms. The maximum Gasteiger partial charge on any atom is 0.302 e. The van der Waals surface area contributed by atoms with Crippen LogP contribution in [0.3, 0.4) is 0 Å². The fraction of sp³-hybridized carbons (Fsp3) is 0.900. The van der Waals surface area contributed by atoms with Gasteiger partial charge in [0, 0.05) is 12.3 Å². The lowest BCUT2D eigenvalue weighted by Crippen LogP contribution is -2.34. The highest BCUT2D eigenvalue weighted by Crippen LogP contribution is 2.44. The minimum absolute atomic E-state index is 0.141. The van der Waals surface area contributed by atoms with Gasteiger partial charge in [0.25, 0.3) is 0 Å². The van der Waals surface area contributed by atoms with Gasteiger partial charge in [0.2, 0.25) is 0 Å². The fourth-order valence-corrected chi connectivity index (χ4v) is 1.93. The summed E-state index contributed by atoms with van der Waals surface area (Å²) in [4.78, 5) is 10.6. The molecule has 0 bridgehead atoms. The van der Waals surface area contributed by atoms with Crippen LogP contribution in [0.5, 0.6) is 0 Å². The zero-order chi connectivity index (χ0) is 9.03. The molecule has 0 aromatic heterocycles. The molecule has 0 spiro atoms. The highest BCUT2D eigenvalue weighted by Gasteiger charge is 2.36. The summed E-state index contributed by atoms with van der Waals surface area (Å²) < 4.78 is 5.06. The molecule has 0 N–H and O–H groups in total. The van der Waals surface area contributed by atoms with E-state index in [-0.39, 0.29) is 5.97 Å². The van der Waals surface area contributed by atoms with E-state index >= 15 is 0 Å². The maximum absolute atomic E-state index is 10.6. The van der Waals surface area contributed by atoms with Gasteiger partial charge in [0.1, 0.15) is 0 Å². The number of hydrogen-bond acceptors (Lipinski definition) is 2. The van der Waals surface area contributed by atoms with Gasteiger partial charge in [-0.05, 0) is 19.3 Å². The first-order chi connectivity index (χ1) is 5.68. The zero-order valence-corrected chi connectivity index (χ0v) is 8.06. The Balaban J connectivity index is 2.29. The van der Waals surface area contributed by atoms with Crippen LogP contribution >= 0.6 is 0 Å². The van der Waals surface area contributed by atoms with Crippen LogP contribution in [0.4, 0.5) is 0 Å². The molecule has 70 valence electrons. The van der Waals surface area contributed by atoms with Crippen molar-refractivity contribution in [1.82, 2.24) is 0 Å². The molecule has 1 fully saturated rings. The molecule has 1 saturated carbocycles. The summed E-state index contributed by atoms with van der Waals surface area (Å²) in [5.74, 6) is -0.141. The average Bonchev–Trinajstić information content (AvgIpc) is 1.94. The van der Waals surface area contributed by atoms with E-state index in [0.717, 1.165) is 0 Å². The van der Waals surface area contributed by atoms with Gasteiger partial charge in [-0.15, -0.1) is 0 Å². The number of esters is 1. The summed E-state index contributed by atoms with van der Waals surface area (Å²) in [7, 11) is 0. The lowest BCUT2D eigenvalue weighted by molar-refractivity contribution is -0.147. The van der Waals surface area contributed by atoms with E-state index in [1.807, 2.05) is 0 Å². The maximum atomic E-state index is 10.6. The Morgan fingerprint density at radius 2 is 2.17 bits per heavy atom. The van der Waals surface area contributed by atoms with Gasteiger partial charge >= 0.3 is 5.97 Å². The van der Waals surface area contributed by atoms with E-state index in [9.17, 15) is 4.79 Å². The van der Waals surface area contributed by atoms with Crippen molar-refractivity contribution >= 4 is 5.97 Å². The second kappa shape index (κ2) is 3.92. The monoisotopic (exact) mass is 170 g/mol. The molecule has 0 heterocycles. The molecule has 1 aliphatic carbocycles. The molecule has 0 aliphatic heterocycles. The average molecular weight is 170 g/mol. The second-order valence-electron chi connectivity index (χ2n) is 3.88. The van der Waals surface area contributed by atoms with Crippen LogP contribution in [0.2, 0.25) is 0 Å². The number of rotatable bonds is 4. The van der Waals surface area contributed by atoms with Gasteiger partial charge in [0.15, 0.2) is 0 Å². The Morgan fingerprint density at radius 1 is 1.50 bits per heavy atom. The normalized spacial score (nSPS) is 19.8. The first kappa shape index (κ1) is 9.56. The van der Waals surface area contributed by atoms with Crippen LogP contribution in [-0.4, -0.2) is 12.6 Å². The van der Waals surface area contributed by atoms with Crippen LogP contribution in [0, 0.1) is 5.41 Å². The number of hydrogen-bond donors (Lipinski definition) is 0. The molecular weight excluding hydrogens is 152 g/mol. The third kappa shape index (κ3) is 2.23. The van der Waals surface area contributed by atoms with Crippen molar-refractivity contribution in [2.75, 3.05) is 6.61 Å². The number of carbonyl (C=O) groups excluding carboxylic acids is 1. The standard InChI is InChI=1S/C10H18O2/c1-3-5-10(6-4-7-10)8-12-9(2)11/h3-8H2,1-2H3. The van der Waals surface area contributed by atoms with Crippen molar-refractivity contribution in [2.24, 2.45) is 5.41 Å². The van der Waals surface area contributed by atoms with Crippen LogP contribution in [0.25, 0.3) is 0 Å². The highest BCUT2D eigenvalue weighted by atomic mass is 16.5. The molecule has 0 saturated heterocycles. The zero-order valence-electron chi connectivity index (χ0n) is 8.06. The lowest BCUT2D eigenvalue weighted by atomic mass is 9.67. The first-order valence-electron chi connectivity index (χ1n) is 4.82. The van der Waals surface area contributed by atoms with E-state index in [1.54, 1.807) is 0 Å². The van der Waals surface area contributed by atoms with Gasteiger partial charge in [-0.3, -0.25) is 4.79 Å². The van der Waals surface area contributed by atoms with Crippen molar-refractivity contribution in [1.29, 1.82) is 0 Å². The number of ether oxygens (including phenoxy) is 1. The van der Waals surface area contributed by atoms with E-state index in [2.05, 4.69) is 6.92 Å². The summed E-state index contributed by atoms with van der Waals surface area (Å²) in [6, 6.07) is 0. The third-order valence-corrected chi connectivity index (χ3v) is 2.78. The van der Waals surface area contributed by atoms with E-state index in [4.69, 9.17) is 4.74 Å². The Kier molecular flexibility index (Phi) is 3.12. The van der Waals surface area contributed by atoms with E-state index in [1.165, 1.54) is 39.0 Å². The number of carbonyl (C=O) groups is 1. The largest absolute Gasteiger partial charge is 0.465 e. The Labute approximate surface area is 74.3 Å². The van der Waals surface area contributed by atoms with Crippen molar-refractivity contribution < 1.29 is 9.53 Å². The third-order valence-electron chi connectivity index (χ3n) is 2.78. The molecule has 0 amide bonds. The quantitative estimate of drug-likeness (QED) is 0.606. The molecule has 1 rings (SSSR count). The SMILES string of the molecule is CCCC1(COC(C)=O)CCC1. The summed E-state index contributed by atoms with van der Waals surface area (Å²) in [5, 5.41) is 0. The smallest absolute Gasteiger partial charge is 0.302 e. The predicted octanol–water partition coefficient (Wildman–Crippen LogP) is 2.52. The highest BCUT2D eigenvalue weighted by molar-refractivity contribution is 5.65. The molecule has 2 nitrogen and oxygen atoms in total. The molecule has 0 aromatic carbocycles. The summed E-state index contributed by atoms with van der Waals surface area (Å²) in [6.45, 7) is 4.32. The predicted molar refractivity (Wildman–Crippen MR) is 47.8 cm³/mol. The lowest BCUT2D eigenvalue weighted by Gasteiger charge is -2.41. The van der Waals surface area contributed by atoms with Gasteiger partial charge < -0.3 is 4.74 Å². The molecule has 0 atom stereocenters. The second-order valence-corrected chi connectivity index (χ2v) is 3.88. The van der Waals surface area contributed by atoms with Crippen molar-refractivity contribution in [3.05, 3.63) is 0 Å². The molecule has 2 heteroatoms. The Bertz CT molecular complexity index is 159. The van der Waals surface area contributed by atoms with Crippen molar-refractivity contribution in [3.8, 4) is 0 Å². The van der Waals surface area contributed by atoms with E-state index < -0.39 is 0 Å². The molecule has 0 radical (unpaired) electrons. The molecule has 1 aliphatic rings. The van der Waals surface area contributed by atoms with Crippen LogP contribution in [-0.2, 0) is 9.53 Å². The van der Waals surface area contributed by atoms with E-state index in [0.29, 0.717) is 12.0 Å². The Morgan fingerprint density at radius 3 is 2.50 bits per heavy atom. The van der Waals surface area contributed by atoms with Crippen LogP contribution < -0.4 is 0 Å².